The van der Waals surface area contributed by atoms with Crippen LogP contribution in [0, 0.1) is 5.92 Å². The number of nitrogens with two attached hydrogens (primary N) is 1. The lowest BCUT2D eigenvalue weighted by Crippen LogP contribution is -2.47. The minimum absolute atomic E-state index is 0.685. The van der Waals surface area contributed by atoms with Gasteiger partial charge in [0.05, 0.1) is 0 Å². The van der Waals surface area contributed by atoms with E-state index in [0.717, 1.165) is 12.5 Å². The summed E-state index contributed by atoms with van der Waals surface area (Å²) in [5.74, 6) is 6.58. The molecule has 0 radical (unpaired) electrons. The Kier molecular flexibility index (Phi) is 2.09. The second kappa shape index (κ2) is 2.67. The molecule has 0 aromatic rings. The first kappa shape index (κ1) is 7.03. The molecule has 1 saturated carbocycles. The molecule has 0 saturated heterocycles. The van der Waals surface area contributed by atoms with Crippen LogP contribution in [0.1, 0.15) is 26.7 Å². The first-order chi connectivity index (χ1) is 4.24. The van der Waals surface area contributed by atoms with Gasteiger partial charge in [0, 0.05) is 12.6 Å². The van der Waals surface area contributed by atoms with E-state index in [0.29, 0.717) is 6.04 Å². The Morgan fingerprint density at radius 1 is 1.56 bits per heavy atom. The summed E-state index contributed by atoms with van der Waals surface area (Å²) in [5.41, 5.74) is 0. The van der Waals surface area contributed by atoms with Gasteiger partial charge in [0.1, 0.15) is 0 Å². The predicted octanol–water partition coefficient (Wildman–Crippen LogP) is 0.980. The van der Waals surface area contributed by atoms with E-state index in [4.69, 9.17) is 5.84 Å². The fourth-order valence-electron chi connectivity index (χ4n) is 1.39. The molecule has 54 valence electrons. The summed E-state index contributed by atoms with van der Waals surface area (Å²) in [5, 5.41) is 1.94. The number of hydrogen-bond donors (Lipinski definition) is 1. The molecule has 1 fully saturated rings. The summed E-state index contributed by atoms with van der Waals surface area (Å²) in [4.78, 5) is 0. The standard InChI is InChI=1S/C7H16N2/c1-3-9(8)7-4-6(2)5-7/h6-7H,3-5,8H2,1-2H3. The number of hydrazine groups is 1. The maximum atomic E-state index is 5.67. The Morgan fingerprint density at radius 3 is 2.44 bits per heavy atom. The molecule has 1 aliphatic rings. The van der Waals surface area contributed by atoms with E-state index in [1.54, 1.807) is 0 Å². The van der Waals surface area contributed by atoms with Gasteiger partial charge in [-0.25, -0.2) is 5.01 Å². The summed E-state index contributed by atoms with van der Waals surface area (Å²) in [6, 6.07) is 0.685. The average Bonchev–Trinajstić information content (AvgIpc) is 1.79. The van der Waals surface area contributed by atoms with Crippen LogP contribution in [0.5, 0.6) is 0 Å². The highest BCUT2D eigenvalue weighted by atomic mass is 15.4. The highest BCUT2D eigenvalue weighted by molar-refractivity contribution is 4.81. The van der Waals surface area contributed by atoms with Crippen LogP contribution in [0.2, 0.25) is 0 Å². The monoisotopic (exact) mass is 128 g/mol. The van der Waals surface area contributed by atoms with E-state index in [9.17, 15) is 0 Å². The van der Waals surface area contributed by atoms with Gasteiger partial charge < -0.3 is 0 Å². The molecule has 2 heteroatoms. The third-order valence-electron chi connectivity index (χ3n) is 2.18. The van der Waals surface area contributed by atoms with Crippen LogP contribution in [0.3, 0.4) is 0 Å². The molecule has 0 aromatic heterocycles. The van der Waals surface area contributed by atoms with E-state index < -0.39 is 0 Å². The molecule has 0 aliphatic heterocycles. The van der Waals surface area contributed by atoms with Crippen molar-refractivity contribution in [2.75, 3.05) is 6.54 Å². The Balaban J connectivity index is 2.15. The maximum absolute atomic E-state index is 5.67. The van der Waals surface area contributed by atoms with Crippen molar-refractivity contribution in [3.8, 4) is 0 Å². The molecule has 0 bridgehead atoms. The smallest absolute Gasteiger partial charge is 0.0246 e. The third-order valence-corrected chi connectivity index (χ3v) is 2.18. The topological polar surface area (TPSA) is 29.3 Å². The molecule has 2 nitrogen and oxygen atoms in total. The lowest BCUT2D eigenvalue weighted by Gasteiger charge is -2.38. The van der Waals surface area contributed by atoms with Gasteiger partial charge in [-0.05, 0) is 18.8 Å². The van der Waals surface area contributed by atoms with Crippen molar-refractivity contribution >= 4 is 0 Å². The van der Waals surface area contributed by atoms with Gasteiger partial charge in [-0.15, -0.1) is 0 Å². The van der Waals surface area contributed by atoms with Gasteiger partial charge in [-0.2, -0.15) is 0 Å². The Bertz CT molecular complexity index is 86.9. The first-order valence-corrected chi connectivity index (χ1v) is 3.75. The highest BCUT2D eigenvalue weighted by Crippen LogP contribution is 2.29. The highest BCUT2D eigenvalue weighted by Gasteiger charge is 2.27. The maximum Gasteiger partial charge on any atom is 0.0246 e. The summed E-state index contributed by atoms with van der Waals surface area (Å²) in [7, 11) is 0. The van der Waals surface area contributed by atoms with Crippen molar-refractivity contribution in [3.05, 3.63) is 0 Å². The van der Waals surface area contributed by atoms with Crippen molar-refractivity contribution in [1.29, 1.82) is 0 Å². The Labute approximate surface area is 57.0 Å². The number of nitrogens with zero attached hydrogens (tertiary/aromatic N) is 1. The quantitative estimate of drug-likeness (QED) is 0.443. The zero-order valence-corrected chi connectivity index (χ0v) is 6.30. The molecule has 1 rings (SSSR count). The van der Waals surface area contributed by atoms with Crippen LogP contribution >= 0.6 is 0 Å². The normalized spacial score (nSPS) is 34.7. The molecule has 0 atom stereocenters. The number of hydrogen-bond acceptors (Lipinski definition) is 2. The van der Waals surface area contributed by atoms with E-state index in [2.05, 4.69) is 13.8 Å². The molecule has 0 aromatic carbocycles. The van der Waals surface area contributed by atoms with E-state index >= 15 is 0 Å². The average molecular weight is 128 g/mol. The Morgan fingerprint density at radius 2 is 2.11 bits per heavy atom. The minimum Gasteiger partial charge on any atom is -0.269 e. The van der Waals surface area contributed by atoms with Gasteiger partial charge in [0.2, 0.25) is 0 Å². The van der Waals surface area contributed by atoms with Gasteiger partial charge in [0.15, 0.2) is 0 Å². The van der Waals surface area contributed by atoms with Gasteiger partial charge in [0.25, 0.3) is 0 Å². The Hall–Kier alpha value is -0.0800. The second-order valence-corrected chi connectivity index (χ2v) is 3.06. The van der Waals surface area contributed by atoms with Crippen molar-refractivity contribution in [1.82, 2.24) is 5.01 Å². The van der Waals surface area contributed by atoms with Gasteiger partial charge in [-0.1, -0.05) is 13.8 Å². The van der Waals surface area contributed by atoms with Crippen LogP contribution in [-0.4, -0.2) is 17.6 Å². The molecule has 2 N–H and O–H groups in total. The van der Waals surface area contributed by atoms with Crippen molar-refractivity contribution < 1.29 is 0 Å². The van der Waals surface area contributed by atoms with Crippen LogP contribution < -0.4 is 5.84 Å². The largest absolute Gasteiger partial charge is 0.269 e. The van der Waals surface area contributed by atoms with E-state index in [-0.39, 0.29) is 0 Å². The zero-order chi connectivity index (χ0) is 6.85. The molecule has 1 aliphatic carbocycles. The molecular weight excluding hydrogens is 112 g/mol. The van der Waals surface area contributed by atoms with Gasteiger partial charge in [-0.3, -0.25) is 5.84 Å². The summed E-state index contributed by atoms with van der Waals surface area (Å²) in [6.07, 6.45) is 2.59. The molecule has 0 unspecified atom stereocenters. The number of rotatable bonds is 2. The molecular formula is C7H16N2. The SMILES string of the molecule is CCN(N)C1CC(C)C1. The van der Waals surface area contributed by atoms with Crippen molar-refractivity contribution in [2.24, 2.45) is 11.8 Å². The fraction of sp³-hybridized carbons (Fsp3) is 1.00. The van der Waals surface area contributed by atoms with Crippen molar-refractivity contribution in [3.63, 3.8) is 0 Å². The van der Waals surface area contributed by atoms with Gasteiger partial charge >= 0.3 is 0 Å². The van der Waals surface area contributed by atoms with E-state index in [1.807, 2.05) is 5.01 Å². The molecule has 9 heavy (non-hydrogen) atoms. The van der Waals surface area contributed by atoms with Crippen molar-refractivity contribution in [2.45, 2.75) is 32.7 Å². The van der Waals surface area contributed by atoms with Crippen LogP contribution in [-0.2, 0) is 0 Å². The summed E-state index contributed by atoms with van der Waals surface area (Å²) < 4.78 is 0. The van der Waals surface area contributed by atoms with Crippen LogP contribution in [0.25, 0.3) is 0 Å². The fourth-order valence-corrected chi connectivity index (χ4v) is 1.39. The minimum atomic E-state index is 0.685. The molecule has 0 heterocycles. The van der Waals surface area contributed by atoms with Crippen LogP contribution in [0.15, 0.2) is 0 Å². The lowest BCUT2D eigenvalue weighted by molar-refractivity contribution is 0.0918. The van der Waals surface area contributed by atoms with E-state index in [1.165, 1.54) is 12.8 Å². The lowest BCUT2D eigenvalue weighted by atomic mass is 9.81. The molecule has 0 spiro atoms. The third kappa shape index (κ3) is 1.43. The summed E-state index contributed by atoms with van der Waals surface area (Å²) >= 11 is 0. The summed E-state index contributed by atoms with van der Waals surface area (Å²) in [6.45, 7) is 5.36. The first-order valence-electron chi connectivity index (χ1n) is 3.75. The second-order valence-electron chi connectivity index (χ2n) is 3.06. The predicted molar refractivity (Wildman–Crippen MR) is 38.8 cm³/mol. The van der Waals surface area contributed by atoms with Crippen LogP contribution in [0.4, 0.5) is 0 Å². The zero-order valence-electron chi connectivity index (χ0n) is 6.30. The molecule has 0 amide bonds.